The molecule has 0 radical (unpaired) electrons. The molecule has 1 aliphatic rings. The smallest absolute Gasteiger partial charge is 0.416 e. The minimum Gasteiger partial charge on any atom is -0.493 e. The highest BCUT2D eigenvalue weighted by molar-refractivity contribution is 5.42. The summed E-state index contributed by atoms with van der Waals surface area (Å²) in [7, 11) is 3.23. The first-order chi connectivity index (χ1) is 13.4. The van der Waals surface area contributed by atoms with E-state index in [2.05, 4.69) is 9.80 Å². The fraction of sp³-hybridized carbons (Fsp3) is 0.429. The average molecular weight is 394 g/mol. The molecule has 0 saturated carbocycles. The summed E-state index contributed by atoms with van der Waals surface area (Å²) >= 11 is 0. The van der Waals surface area contributed by atoms with Crippen LogP contribution < -0.4 is 9.47 Å². The van der Waals surface area contributed by atoms with Gasteiger partial charge in [0, 0.05) is 39.3 Å². The van der Waals surface area contributed by atoms with Gasteiger partial charge in [0.15, 0.2) is 11.5 Å². The zero-order valence-corrected chi connectivity index (χ0v) is 16.1. The summed E-state index contributed by atoms with van der Waals surface area (Å²) in [5.41, 5.74) is 1.25. The van der Waals surface area contributed by atoms with Crippen molar-refractivity contribution in [2.24, 2.45) is 0 Å². The largest absolute Gasteiger partial charge is 0.493 e. The van der Waals surface area contributed by atoms with Crippen molar-refractivity contribution in [2.45, 2.75) is 19.3 Å². The first-order valence-electron chi connectivity index (χ1n) is 9.21. The summed E-state index contributed by atoms with van der Waals surface area (Å²) < 4.78 is 49.2. The van der Waals surface area contributed by atoms with Gasteiger partial charge in [-0.25, -0.2) is 0 Å². The van der Waals surface area contributed by atoms with Crippen molar-refractivity contribution in [3.8, 4) is 11.5 Å². The molecule has 0 aliphatic carbocycles. The molecule has 0 unspecified atom stereocenters. The number of hydrogen-bond donors (Lipinski definition) is 0. The van der Waals surface area contributed by atoms with E-state index in [1.807, 2.05) is 18.2 Å². The summed E-state index contributed by atoms with van der Waals surface area (Å²) in [5.74, 6) is 1.42. The number of piperazine rings is 1. The first kappa shape index (κ1) is 20.5. The Kier molecular flexibility index (Phi) is 6.46. The maximum atomic E-state index is 12.9. The van der Waals surface area contributed by atoms with Crippen LogP contribution in [-0.4, -0.2) is 50.2 Å². The number of hydrogen-bond acceptors (Lipinski definition) is 4. The summed E-state index contributed by atoms with van der Waals surface area (Å²) in [6.07, 6.45) is -4.30. The lowest BCUT2D eigenvalue weighted by molar-refractivity contribution is -0.137. The van der Waals surface area contributed by atoms with Crippen LogP contribution in [0.25, 0.3) is 0 Å². The van der Waals surface area contributed by atoms with E-state index < -0.39 is 11.7 Å². The normalized spacial score (nSPS) is 16.2. The van der Waals surface area contributed by atoms with Crippen LogP contribution in [0.5, 0.6) is 11.5 Å². The SMILES string of the molecule is COc1ccc(CN2CCN(Cc3cccc(C(F)(F)F)c3)CC2)cc1OC. The highest BCUT2D eigenvalue weighted by Crippen LogP contribution is 2.30. The third-order valence-corrected chi connectivity index (χ3v) is 4.98. The molecule has 7 heteroatoms. The highest BCUT2D eigenvalue weighted by atomic mass is 19.4. The lowest BCUT2D eigenvalue weighted by Gasteiger charge is -2.34. The Bertz CT molecular complexity index is 787. The van der Waals surface area contributed by atoms with Crippen LogP contribution in [0.1, 0.15) is 16.7 Å². The molecule has 1 aliphatic heterocycles. The molecule has 0 amide bonds. The summed E-state index contributed by atoms with van der Waals surface area (Å²) in [4.78, 5) is 4.53. The number of rotatable bonds is 6. The van der Waals surface area contributed by atoms with Crippen LogP contribution in [0, 0.1) is 0 Å². The van der Waals surface area contributed by atoms with Crippen molar-refractivity contribution in [2.75, 3.05) is 40.4 Å². The van der Waals surface area contributed by atoms with Gasteiger partial charge < -0.3 is 9.47 Å². The number of halogens is 3. The maximum absolute atomic E-state index is 12.9. The third-order valence-electron chi connectivity index (χ3n) is 4.98. The number of methoxy groups -OCH3 is 2. The predicted octanol–water partition coefficient (Wildman–Crippen LogP) is 4.04. The van der Waals surface area contributed by atoms with Crippen LogP contribution in [-0.2, 0) is 19.3 Å². The Labute approximate surface area is 163 Å². The summed E-state index contributed by atoms with van der Waals surface area (Å²) in [6, 6.07) is 11.5. The molecule has 2 aromatic rings. The summed E-state index contributed by atoms with van der Waals surface area (Å²) in [5, 5.41) is 0. The molecule has 2 aromatic carbocycles. The average Bonchev–Trinajstić information content (AvgIpc) is 2.69. The van der Waals surface area contributed by atoms with Crippen molar-refractivity contribution in [3.63, 3.8) is 0 Å². The van der Waals surface area contributed by atoms with E-state index in [0.717, 1.165) is 44.4 Å². The Morgan fingerprint density at radius 3 is 1.89 bits per heavy atom. The Morgan fingerprint density at radius 2 is 1.36 bits per heavy atom. The molecular formula is C21H25F3N2O2. The monoisotopic (exact) mass is 394 g/mol. The fourth-order valence-corrected chi connectivity index (χ4v) is 3.45. The topological polar surface area (TPSA) is 24.9 Å². The zero-order valence-electron chi connectivity index (χ0n) is 16.1. The molecule has 0 aromatic heterocycles. The number of nitrogens with zero attached hydrogens (tertiary/aromatic N) is 2. The maximum Gasteiger partial charge on any atom is 0.416 e. The van der Waals surface area contributed by atoms with Gasteiger partial charge in [-0.3, -0.25) is 9.80 Å². The van der Waals surface area contributed by atoms with E-state index >= 15 is 0 Å². The molecule has 152 valence electrons. The van der Waals surface area contributed by atoms with Crippen molar-refractivity contribution in [3.05, 3.63) is 59.2 Å². The van der Waals surface area contributed by atoms with E-state index in [9.17, 15) is 13.2 Å². The Morgan fingerprint density at radius 1 is 0.786 bits per heavy atom. The fourth-order valence-electron chi connectivity index (χ4n) is 3.45. The van der Waals surface area contributed by atoms with E-state index in [1.165, 1.54) is 12.1 Å². The molecule has 0 N–H and O–H groups in total. The zero-order chi connectivity index (χ0) is 20.1. The Hall–Kier alpha value is -2.25. The quantitative estimate of drug-likeness (QED) is 0.738. The second kappa shape index (κ2) is 8.84. The predicted molar refractivity (Wildman–Crippen MR) is 102 cm³/mol. The molecule has 1 heterocycles. The molecule has 28 heavy (non-hydrogen) atoms. The van der Waals surface area contributed by atoms with Crippen LogP contribution in [0.2, 0.25) is 0 Å². The first-order valence-corrected chi connectivity index (χ1v) is 9.21. The van der Waals surface area contributed by atoms with E-state index in [-0.39, 0.29) is 0 Å². The molecule has 4 nitrogen and oxygen atoms in total. The van der Waals surface area contributed by atoms with Crippen LogP contribution in [0.15, 0.2) is 42.5 Å². The van der Waals surface area contributed by atoms with E-state index in [0.29, 0.717) is 23.6 Å². The molecular weight excluding hydrogens is 369 g/mol. The number of benzene rings is 2. The molecule has 1 saturated heterocycles. The van der Waals surface area contributed by atoms with Gasteiger partial charge in [-0.2, -0.15) is 13.2 Å². The minimum atomic E-state index is -4.30. The van der Waals surface area contributed by atoms with Gasteiger partial charge in [0.05, 0.1) is 19.8 Å². The highest BCUT2D eigenvalue weighted by Gasteiger charge is 2.30. The van der Waals surface area contributed by atoms with Crippen molar-refractivity contribution >= 4 is 0 Å². The molecule has 0 bridgehead atoms. The van der Waals surface area contributed by atoms with Gasteiger partial charge >= 0.3 is 6.18 Å². The molecule has 3 rings (SSSR count). The van der Waals surface area contributed by atoms with Crippen molar-refractivity contribution < 1.29 is 22.6 Å². The summed E-state index contributed by atoms with van der Waals surface area (Å²) in [6.45, 7) is 4.72. The molecule has 0 spiro atoms. The van der Waals surface area contributed by atoms with Crippen LogP contribution in [0.3, 0.4) is 0 Å². The number of ether oxygens (including phenoxy) is 2. The Balaban J connectivity index is 1.54. The molecule has 0 atom stereocenters. The van der Waals surface area contributed by atoms with Gasteiger partial charge in [0.1, 0.15) is 0 Å². The lowest BCUT2D eigenvalue weighted by atomic mass is 10.1. The van der Waals surface area contributed by atoms with Gasteiger partial charge in [-0.15, -0.1) is 0 Å². The van der Waals surface area contributed by atoms with Gasteiger partial charge in [0.25, 0.3) is 0 Å². The molecule has 1 fully saturated rings. The number of alkyl halides is 3. The van der Waals surface area contributed by atoms with Gasteiger partial charge in [-0.1, -0.05) is 24.3 Å². The van der Waals surface area contributed by atoms with E-state index in [4.69, 9.17) is 9.47 Å². The lowest BCUT2D eigenvalue weighted by Crippen LogP contribution is -2.45. The standard InChI is InChI=1S/C21H25F3N2O2/c1-27-19-7-6-17(13-20(19)28-2)15-26-10-8-25(9-11-26)14-16-4-3-5-18(12-16)21(22,23)24/h3-7,12-13H,8-11,14-15H2,1-2H3. The van der Waals surface area contributed by atoms with Crippen molar-refractivity contribution in [1.82, 2.24) is 9.80 Å². The van der Waals surface area contributed by atoms with Gasteiger partial charge in [-0.05, 0) is 29.3 Å². The second-order valence-electron chi connectivity index (χ2n) is 6.94. The third kappa shape index (κ3) is 5.17. The van der Waals surface area contributed by atoms with Crippen LogP contribution >= 0.6 is 0 Å². The van der Waals surface area contributed by atoms with Gasteiger partial charge in [0.2, 0.25) is 0 Å². The van der Waals surface area contributed by atoms with Crippen LogP contribution in [0.4, 0.5) is 13.2 Å². The van der Waals surface area contributed by atoms with E-state index in [1.54, 1.807) is 20.3 Å². The van der Waals surface area contributed by atoms with Crippen molar-refractivity contribution in [1.29, 1.82) is 0 Å². The minimum absolute atomic E-state index is 0.536. The second-order valence-corrected chi connectivity index (χ2v) is 6.94.